The predicted molar refractivity (Wildman–Crippen MR) is 159 cm³/mol. The molecule has 0 radical (unpaired) electrons. The average Bonchev–Trinajstić information content (AvgIpc) is 3.29. The number of hydrogen-bond acceptors (Lipinski definition) is 10. The van der Waals surface area contributed by atoms with E-state index in [1.165, 1.54) is 45.6 Å². The Morgan fingerprint density at radius 2 is 1.79 bits per heavy atom. The number of phenols is 1. The van der Waals surface area contributed by atoms with E-state index in [0.717, 1.165) is 6.54 Å². The molecule has 0 bridgehead atoms. The SMILES string of the molecule is COc1cc(C(CC(=O)NCCCN(C)C)C2=C(O)C3(Oc4c(Cl)c(OC)cc(OC)c4C3=O)C(C)CC2=O)ccc1O. The Labute approximate surface area is 255 Å². The van der Waals surface area contributed by atoms with Crippen LogP contribution in [0.5, 0.6) is 28.7 Å². The fourth-order valence-electron chi connectivity index (χ4n) is 5.72. The molecular formula is C31H37ClN2O9. The molecule has 232 valence electrons. The Morgan fingerprint density at radius 3 is 2.42 bits per heavy atom. The molecule has 3 unspecified atom stereocenters. The number of fused-ring (bicyclic) bond motifs is 1. The third kappa shape index (κ3) is 5.71. The fourth-order valence-corrected chi connectivity index (χ4v) is 5.98. The molecule has 0 saturated heterocycles. The number of amides is 1. The van der Waals surface area contributed by atoms with Crippen molar-refractivity contribution in [3.8, 4) is 28.7 Å². The molecule has 1 heterocycles. The molecule has 1 aliphatic heterocycles. The van der Waals surface area contributed by atoms with Gasteiger partial charge in [-0.1, -0.05) is 24.6 Å². The molecule has 2 aromatic rings. The largest absolute Gasteiger partial charge is 0.507 e. The van der Waals surface area contributed by atoms with Crippen LogP contribution < -0.4 is 24.3 Å². The Kier molecular flexibility index (Phi) is 9.46. The van der Waals surface area contributed by atoms with Crippen LogP contribution in [-0.4, -0.2) is 86.7 Å². The summed E-state index contributed by atoms with van der Waals surface area (Å²) in [5, 5.41) is 25.1. The number of phenolic OH excluding ortho intramolecular Hbond substituents is 1. The van der Waals surface area contributed by atoms with Gasteiger partial charge < -0.3 is 39.4 Å². The summed E-state index contributed by atoms with van der Waals surface area (Å²) in [6.45, 7) is 2.79. The van der Waals surface area contributed by atoms with Gasteiger partial charge in [0.15, 0.2) is 28.8 Å². The minimum absolute atomic E-state index is 0.0129. The van der Waals surface area contributed by atoms with E-state index in [0.29, 0.717) is 18.5 Å². The van der Waals surface area contributed by atoms with Gasteiger partial charge in [-0.05, 0) is 44.8 Å². The van der Waals surface area contributed by atoms with Crippen molar-refractivity contribution >= 4 is 29.1 Å². The average molecular weight is 617 g/mol. The zero-order valence-electron chi connectivity index (χ0n) is 25.1. The minimum Gasteiger partial charge on any atom is -0.507 e. The van der Waals surface area contributed by atoms with Gasteiger partial charge in [-0.25, -0.2) is 0 Å². The third-order valence-electron chi connectivity index (χ3n) is 7.96. The van der Waals surface area contributed by atoms with Crippen LogP contribution >= 0.6 is 11.6 Å². The van der Waals surface area contributed by atoms with E-state index in [9.17, 15) is 24.6 Å². The van der Waals surface area contributed by atoms with Gasteiger partial charge in [0.2, 0.25) is 17.3 Å². The van der Waals surface area contributed by atoms with Crippen molar-refractivity contribution in [3.63, 3.8) is 0 Å². The first kappa shape index (κ1) is 32.0. The van der Waals surface area contributed by atoms with Gasteiger partial charge in [0.25, 0.3) is 0 Å². The summed E-state index contributed by atoms with van der Waals surface area (Å²) in [6.07, 6.45) is 0.313. The van der Waals surface area contributed by atoms with Crippen molar-refractivity contribution in [2.75, 3.05) is 48.5 Å². The van der Waals surface area contributed by atoms with Crippen LogP contribution in [0, 0.1) is 5.92 Å². The van der Waals surface area contributed by atoms with Crippen molar-refractivity contribution in [2.45, 2.75) is 37.7 Å². The van der Waals surface area contributed by atoms with Crippen LogP contribution in [0.4, 0.5) is 0 Å². The number of rotatable bonds is 11. The van der Waals surface area contributed by atoms with Gasteiger partial charge in [0, 0.05) is 42.9 Å². The van der Waals surface area contributed by atoms with Crippen molar-refractivity contribution < 1.29 is 43.5 Å². The number of ether oxygens (including phenoxy) is 4. The van der Waals surface area contributed by atoms with Crippen LogP contribution in [0.1, 0.15) is 48.0 Å². The maximum absolute atomic E-state index is 14.2. The van der Waals surface area contributed by atoms with Crippen LogP contribution in [0.2, 0.25) is 5.02 Å². The van der Waals surface area contributed by atoms with Crippen molar-refractivity contribution in [3.05, 3.63) is 51.7 Å². The summed E-state index contributed by atoms with van der Waals surface area (Å²) in [7, 11) is 8.01. The summed E-state index contributed by atoms with van der Waals surface area (Å²) in [4.78, 5) is 43.1. The van der Waals surface area contributed by atoms with E-state index in [1.54, 1.807) is 6.92 Å². The first-order chi connectivity index (χ1) is 20.4. The van der Waals surface area contributed by atoms with Crippen LogP contribution in [0.25, 0.3) is 0 Å². The fraction of sp³-hybridized carbons (Fsp3) is 0.452. The number of aromatic hydroxyl groups is 1. The first-order valence-electron chi connectivity index (χ1n) is 13.8. The lowest BCUT2D eigenvalue weighted by Gasteiger charge is -2.38. The van der Waals surface area contributed by atoms with E-state index in [-0.39, 0.29) is 63.7 Å². The Hall–Kier alpha value is -3.96. The van der Waals surface area contributed by atoms with Gasteiger partial charge >= 0.3 is 0 Å². The van der Waals surface area contributed by atoms with E-state index in [1.807, 2.05) is 19.0 Å². The number of aliphatic hydroxyl groups excluding tert-OH is 1. The van der Waals surface area contributed by atoms with Gasteiger partial charge in [0.1, 0.15) is 22.1 Å². The predicted octanol–water partition coefficient (Wildman–Crippen LogP) is 4.05. The molecule has 4 rings (SSSR count). The lowest BCUT2D eigenvalue weighted by Crippen LogP contribution is -2.53. The maximum Gasteiger partial charge on any atom is 0.231 e. The van der Waals surface area contributed by atoms with Crippen LogP contribution in [0.15, 0.2) is 35.6 Å². The highest BCUT2D eigenvalue weighted by Gasteiger charge is 2.61. The van der Waals surface area contributed by atoms with E-state index in [2.05, 4.69) is 5.32 Å². The number of carbonyl (C=O) groups is 3. The maximum atomic E-state index is 14.2. The van der Waals surface area contributed by atoms with Gasteiger partial charge in [-0.3, -0.25) is 14.4 Å². The summed E-state index contributed by atoms with van der Waals surface area (Å²) >= 11 is 6.55. The number of aliphatic hydroxyl groups is 1. The Bertz CT molecular complexity index is 1470. The second kappa shape index (κ2) is 12.7. The number of carbonyl (C=O) groups excluding carboxylic acids is 3. The molecule has 3 N–H and O–H groups in total. The highest BCUT2D eigenvalue weighted by molar-refractivity contribution is 6.35. The lowest BCUT2D eigenvalue weighted by molar-refractivity contribution is -0.121. The van der Waals surface area contributed by atoms with Crippen molar-refractivity contribution in [1.82, 2.24) is 10.2 Å². The number of nitrogens with one attached hydrogen (secondary N) is 1. The van der Waals surface area contributed by atoms with E-state index in [4.69, 9.17) is 30.5 Å². The summed E-state index contributed by atoms with van der Waals surface area (Å²) < 4.78 is 22.3. The molecule has 11 nitrogen and oxygen atoms in total. The standard InChI is InChI=1S/C31H37ClN2O9/c1-16-12-20(36)25(29(38)31(16)30(39)26-22(41-5)15-23(42-6)27(32)28(26)43-31)18(14-24(37)33-10-7-11-34(2)3)17-8-9-19(35)21(13-17)40-4/h8-9,13,15-16,18,35,38H,7,10-12,14H2,1-6H3,(H,33,37). The van der Waals surface area contributed by atoms with Gasteiger partial charge in [0.05, 0.1) is 21.3 Å². The molecule has 2 aliphatic rings. The number of allylic oxidation sites excluding steroid dienone is 1. The van der Waals surface area contributed by atoms with Gasteiger partial charge in [-0.2, -0.15) is 0 Å². The zero-order chi connectivity index (χ0) is 31.6. The number of methoxy groups -OCH3 is 3. The number of nitrogens with zero attached hydrogens (tertiary/aromatic N) is 1. The van der Waals surface area contributed by atoms with Crippen molar-refractivity contribution in [2.24, 2.45) is 5.92 Å². The number of ketones is 2. The van der Waals surface area contributed by atoms with E-state index < -0.39 is 34.8 Å². The third-order valence-corrected chi connectivity index (χ3v) is 8.32. The molecule has 0 saturated carbocycles. The molecule has 0 fully saturated rings. The highest BCUT2D eigenvalue weighted by Crippen LogP contribution is 2.56. The summed E-state index contributed by atoms with van der Waals surface area (Å²) in [6, 6.07) is 5.86. The molecule has 0 aromatic heterocycles. The molecule has 3 atom stereocenters. The molecule has 1 amide bonds. The lowest BCUT2D eigenvalue weighted by atomic mass is 9.69. The Balaban J connectivity index is 1.85. The summed E-state index contributed by atoms with van der Waals surface area (Å²) in [5.41, 5.74) is -1.71. The zero-order valence-corrected chi connectivity index (χ0v) is 25.8. The molecule has 2 aromatic carbocycles. The smallest absolute Gasteiger partial charge is 0.231 e. The van der Waals surface area contributed by atoms with Crippen LogP contribution in [-0.2, 0) is 9.59 Å². The first-order valence-corrected chi connectivity index (χ1v) is 14.2. The molecule has 12 heteroatoms. The van der Waals surface area contributed by atoms with Gasteiger partial charge in [-0.15, -0.1) is 0 Å². The summed E-state index contributed by atoms with van der Waals surface area (Å²) in [5.74, 6) is -3.58. The topological polar surface area (TPSA) is 144 Å². The highest BCUT2D eigenvalue weighted by atomic mass is 35.5. The minimum atomic E-state index is -2.00. The number of benzene rings is 2. The number of Topliss-reactive ketones (excluding diaryl/α,β-unsaturated/α-hetero) is 2. The quantitative estimate of drug-likeness (QED) is 0.316. The normalized spacial score (nSPS) is 20.2. The number of hydrogen-bond donors (Lipinski definition) is 3. The molecule has 1 aliphatic carbocycles. The van der Waals surface area contributed by atoms with Crippen molar-refractivity contribution in [1.29, 1.82) is 0 Å². The van der Waals surface area contributed by atoms with E-state index >= 15 is 0 Å². The molecule has 1 spiro atoms. The Morgan fingerprint density at radius 1 is 1.12 bits per heavy atom. The second-order valence-corrected chi connectivity index (χ2v) is 11.3. The number of halogens is 1. The molecule has 43 heavy (non-hydrogen) atoms. The van der Waals surface area contributed by atoms with Crippen LogP contribution in [0.3, 0.4) is 0 Å². The molecular weight excluding hydrogens is 580 g/mol. The second-order valence-electron chi connectivity index (χ2n) is 11.0. The monoisotopic (exact) mass is 616 g/mol.